The molecule has 3 aromatic rings. The fourth-order valence-corrected chi connectivity index (χ4v) is 2.63. The first-order valence-corrected chi connectivity index (χ1v) is 8.31. The van der Waals surface area contributed by atoms with Gasteiger partial charge in [-0.2, -0.15) is 5.10 Å². The fourth-order valence-electron chi connectivity index (χ4n) is 2.63. The molecule has 0 aliphatic heterocycles. The maximum Gasteiger partial charge on any atom is 0.255 e. The van der Waals surface area contributed by atoms with E-state index in [-0.39, 0.29) is 18.6 Å². The van der Waals surface area contributed by atoms with E-state index in [1.165, 1.54) is 0 Å². The third-order valence-corrected chi connectivity index (χ3v) is 3.97. The lowest BCUT2D eigenvalue weighted by atomic mass is 10.1. The van der Waals surface area contributed by atoms with Crippen LogP contribution >= 0.6 is 0 Å². The van der Waals surface area contributed by atoms with E-state index in [0.717, 1.165) is 11.3 Å². The summed E-state index contributed by atoms with van der Waals surface area (Å²) in [4.78, 5) is 12.7. The molecule has 2 N–H and O–H groups in total. The first-order chi connectivity index (χ1) is 12.2. The third kappa shape index (κ3) is 3.95. The predicted octanol–water partition coefficient (Wildman–Crippen LogP) is 3.04. The van der Waals surface area contributed by atoms with Crippen LogP contribution in [0.4, 0.5) is 0 Å². The lowest BCUT2D eigenvalue weighted by Gasteiger charge is -2.12. The number of aliphatic hydroxyl groups excluding tert-OH is 1. The molecule has 25 heavy (non-hydrogen) atoms. The molecule has 0 radical (unpaired) electrons. The number of aromatic nitrogens is 2. The molecular weight excluding hydrogens is 314 g/mol. The molecule has 0 aliphatic carbocycles. The molecule has 0 spiro atoms. The minimum atomic E-state index is -0.193. The molecule has 5 nitrogen and oxygen atoms in total. The Hall–Kier alpha value is -2.92. The molecule has 0 saturated heterocycles. The molecule has 2 aromatic carbocycles. The molecule has 3 rings (SSSR count). The predicted molar refractivity (Wildman–Crippen MR) is 97.6 cm³/mol. The van der Waals surface area contributed by atoms with Gasteiger partial charge < -0.3 is 10.4 Å². The van der Waals surface area contributed by atoms with Gasteiger partial charge in [-0.25, -0.2) is 4.68 Å². The fraction of sp³-hybridized carbons (Fsp3) is 0.200. The summed E-state index contributed by atoms with van der Waals surface area (Å²) in [5.41, 5.74) is 2.93. The van der Waals surface area contributed by atoms with E-state index < -0.39 is 0 Å². The molecule has 0 fully saturated rings. The highest BCUT2D eigenvalue weighted by Gasteiger charge is 2.19. The maximum atomic E-state index is 12.7. The zero-order valence-corrected chi connectivity index (χ0v) is 14.1. The Morgan fingerprint density at radius 1 is 1.12 bits per heavy atom. The van der Waals surface area contributed by atoms with Crippen molar-refractivity contribution in [2.75, 3.05) is 6.61 Å². The summed E-state index contributed by atoms with van der Waals surface area (Å²) in [5, 5.41) is 16.6. The van der Waals surface area contributed by atoms with Gasteiger partial charge in [0, 0.05) is 24.4 Å². The van der Waals surface area contributed by atoms with Crippen molar-refractivity contribution in [3.8, 4) is 16.9 Å². The number of rotatable bonds is 6. The summed E-state index contributed by atoms with van der Waals surface area (Å²) in [5.74, 6) is -0.193. The van der Waals surface area contributed by atoms with E-state index in [2.05, 4.69) is 10.4 Å². The third-order valence-electron chi connectivity index (χ3n) is 3.97. The number of hydrogen-bond acceptors (Lipinski definition) is 3. The Kier molecular flexibility index (Phi) is 5.26. The lowest BCUT2D eigenvalue weighted by molar-refractivity contribution is 0.0935. The second kappa shape index (κ2) is 7.77. The number of hydrogen-bond donors (Lipinski definition) is 2. The quantitative estimate of drug-likeness (QED) is 0.727. The van der Waals surface area contributed by atoms with Crippen LogP contribution in [0.2, 0.25) is 0 Å². The van der Waals surface area contributed by atoms with E-state index >= 15 is 0 Å². The molecule has 128 valence electrons. The van der Waals surface area contributed by atoms with Gasteiger partial charge in [-0.1, -0.05) is 48.5 Å². The van der Waals surface area contributed by atoms with Crippen molar-refractivity contribution in [2.45, 2.75) is 19.4 Å². The topological polar surface area (TPSA) is 67.2 Å². The maximum absolute atomic E-state index is 12.7. The second-order valence-electron chi connectivity index (χ2n) is 5.92. The Bertz CT molecular complexity index is 829. The minimum Gasteiger partial charge on any atom is -0.396 e. The number of carbonyl (C=O) groups is 1. The van der Waals surface area contributed by atoms with Crippen LogP contribution in [0.5, 0.6) is 0 Å². The van der Waals surface area contributed by atoms with Gasteiger partial charge in [0.25, 0.3) is 5.91 Å². The van der Waals surface area contributed by atoms with Gasteiger partial charge in [-0.3, -0.25) is 4.79 Å². The standard InChI is InChI=1S/C20H21N3O2/c1-15(12-13-24)21-20(25)18-14-23(17-10-6-3-7-11-17)22-19(18)16-8-4-2-5-9-16/h2-11,14-15,24H,12-13H2,1H3,(H,21,25). The van der Waals surface area contributed by atoms with Gasteiger partial charge in [-0.15, -0.1) is 0 Å². The number of aliphatic hydroxyl groups is 1. The van der Waals surface area contributed by atoms with Crippen LogP contribution in [0.25, 0.3) is 16.9 Å². The van der Waals surface area contributed by atoms with Crippen molar-refractivity contribution in [1.82, 2.24) is 15.1 Å². The number of nitrogens with zero attached hydrogens (tertiary/aromatic N) is 2. The summed E-state index contributed by atoms with van der Waals surface area (Å²) in [7, 11) is 0. The van der Waals surface area contributed by atoms with Gasteiger partial charge in [0.15, 0.2) is 0 Å². The average Bonchev–Trinajstić information content (AvgIpc) is 3.09. The summed E-state index contributed by atoms with van der Waals surface area (Å²) in [6.45, 7) is 1.91. The molecule has 5 heteroatoms. The monoisotopic (exact) mass is 335 g/mol. The first-order valence-electron chi connectivity index (χ1n) is 8.31. The molecule has 0 saturated carbocycles. The van der Waals surface area contributed by atoms with E-state index in [9.17, 15) is 4.79 Å². The smallest absolute Gasteiger partial charge is 0.255 e. The van der Waals surface area contributed by atoms with Crippen molar-refractivity contribution in [3.05, 3.63) is 72.4 Å². The normalized spacial score (nSPS) is 11.9. The van der Waals surface area contributed by atoms with Crippen LogP contribution in [-0.2, 0) is 0 Å². The number of carbonyl (C=O) groups excluding carboxylic acids is 1. The van der Waals surface area contributed by atoms with E-state index in [1.54, 1.807) is 10.9 Å². The van der Waals surface area contributed by atoms with Gasteiger partial charge >= 0.3 is 0 Å². The van der Waals surface area contributed by atoms with E-state index in [1.807, 2.05) is 67.6 Å². The molecule has 1 heterocycles. The van der Waals surface area contributed by atoms with Crippen molar-refractivity contribution in [1.29, 1.82) is 0 Å². The molecule has 1 aromatic heterocycles. The van der Waals surface area contributed by atoms with Crippen LogP contribution in [0.1, 0.15) is 23.7 Å². The Labute approximate surface area is 146 Å². The zero-order valence-electron chi connectivity index (χ0n) is 14.1. The number of para-hydroxylation sites is 1. The lowest BCUT2D eigenvalue weighted by Crippen LogP contribution is -2.33. The minimum absolute atomic E-state index is 0.0380. The van der Waals surface area contributed by atoms with E-state index in [4.69, 9.17) is 5.11 Å². The Morgan fingerprint density at radius 2 is 1.76 bits per heavy atom. The highest BCUT2D eigenvalue weighted by atomic mass is 16.3. The summed E-state index contributed by atoms with van der Waals surface area (Å²) < 4.78 is 1.72. The highest BCUT2D eigenvalue weighted by molar-refractivity contribution is 6.00. The molecule has 0 aliphatic rings. The molecule has 1 unspecified atom stereocenters. The summed E-state index contributed by atoms with van der Waals surface area (Å²) >= 11 is 0. The Balaban J connectivity index is 2.00. The van der Waals surface area contributed by atoms with Gasteiger partial charge in [0.1, 0.15) is 5.69 Å². The second-order valence-corrected chi connectivity index (χ2v) is 5.92. The van der Waals surface area contributed by atoms with Crippen molar-refractivity contribution < 1.29 is 9.90 Å². The zero-order chi connectivity index (χ0) is 17.6. The highest BCUT2D eigenvalue weighted by Crippen LogP contribution is 2.23. The van der Waals surface area contributed by atoms with Crippen LogP contribution in [-0.4, -0.2) is 33.4 Å². The van der Waals surface area contributed by atoms with Gasteiger partial charge in [0.2, 0.25) is 0 Å². The largest absolute Gasteiger partial charge is 0.396 e. The molecule has 1 atom stereocenters. The number of amides is 1. The van der Waals surface area contributed by atoms with Crippen LogP contribution in [0.15, 0.2) is 66.9 Å². The van der Waals surface area contributed by atoms with Crippen molar-refractivity contribution in [2.24, 2.45) is 0 Å². The number of nitrogens with one attached hydrogen (secondary N) is 1. The van der Waals surface area contributed by atoms with Crippen LogP contribution in [0, 0.1) is 0 Å². The molecular formula is C20H21N3O2. The Morgan fingerprint density at radius 3 is 2.40 bits per heavy atom. The van der Waals surface area contributed by atoms with Crippen LogP contribution < -0.4 is 5.32 Å². The average molecular weight is 335 g/mol. The van der Waals surface area contributed by atoms with Gasteiger partial charge in [0.05, 0.1) is 11.3 Å². The first kappa shape index (κ1) is 16.9. The molecule has 0 bridgehead atoms. The molecule has 1 amide bonds. The van der Waals surface area contributed by atoms with Crippen molar-refractivity contribution in [3.63, 3.8) is 0 Å². The SMILES string of the molecule is CC(CCO)NC(=O)c1cn(-c2ccccc2)nc1-c1ccccc1. The summed E-state index contributed by atoms with van der Waals surface area (Å²) in [6, 6.07) is 19.2. The summed E-state index contributed by atoms with van der Waals surface area (Å²) in [6.07, 6.45) is 2.26. The number of benzene rings is 2. The van der Waals surface area contributed by atoms with E-state index in [0.29, 0.717) is 17.7 Å². The van der Waals surface area contributed by atoms with Crippen molar-refractivity contribution >= 4 is 5.91 Å². The van der Waals surface area contributed by atoms with Gasteiger partial charge in [-0.05, 0) is 25.5 Å². The van der Waals surface area contributed by atoms with Crippen LogP contribution in [0.3, 0.4) is 0 Å².